The normalized spacial score (nSPS) is 26.8. The van der Waals surface area contributed by atoms with E-state index < -0.39 is 11.6 Å². The number of nitrogens with one attached hydrogen (secondary N) is 1. The Labute approximate surface area is 114 Å². The van der Waals surface area contributed by atoms with E-state index in [2.05, 4.69) is 19.2 Å². The van der Waals surface area contributed by atoms with Gasteiger partial charge in [0.25, 0.3) is 0 Å². The molecule has 3 heteroatoms. The van der Waals surface area contributed by atoms with Crippen LogP contribution < -0.4 is 5.32 Å². The number of hydrogen-bond donors (Lipinski definition) is 1. The van der Waals surface area contributed by atoms with E-state index in [1.54, 1.807) is 0 Å². The summed E-state index contributed by atoms with van der Waals surface area (Å²) in [6, 6.07) is 4.63. The molecule has 1 aliphatic carbocycles. The summed E-state index contributed by atoms with van der Waals surface area (Å²) in [6.45, 7) is 5.32. The van der Waals surface area contributed by atoms with Gasteiger partial charge >= 0.3 is 0 Å². The third kappa shape index (κ3) is 3.53. The van der Waals surface area contributed by atoms with Crippen LogP contribution >= 0.6 is 0 Å². The summed E-state index contributed by atoms with van der Waals surface area (Å²) in [5.74, 6) is -0.822. The molecule has 1 aromatic rings. The van der Waals surface area contributed by atoms with E-state index in [1.807, 2.05) is 0 Å². The van der Waals surface area contributed by atoms with Gasteiger partial charge in [0.1, 0.15) is 11.6 Å². The van der Waals surface area contributed by atoms with Crippen LogP contribution in [0.2, 0.25) is 0 Å². The molecule has 0 heterocycles. The molecule has 0 radical (unpaired) electrons. The molecule has 0 aliphatic heterocycles. The molecule has 19 heavy (non-hydrogen) atoms. The van der Waals surface area contributed by atoms with Crippen LogP contribution in [0.3, 0.4) is 0 Å². The Balaban J connectivity index is 2.03. The van der Waals surface area contributed by atoms with E-state index in [4.69, 9.17) is 0 Å². The highest BCUT2D eigenvalue weighted by Crippen LogP contribution is 2.41. The number of halogens is 2. The molecule has 1 saturated carbocycles. The summed E-state index contributed by atoms with van der Waals surface area (Å²) in [4.78, 5) is 0. The minimum Gasteiger partial charge on any atom is -0.314 e. The Morgan fingerprint density at radius 3 is 2.63 bits per heavy atom. The van der Waals surface area contributed by atoms with Crippen molar-refractivity contribution in [1.29, 1.82) is 0 Å². The van der Waals surface area contributed by atoms with E-state index in [0.717, 1.165) is 32.2 Å². The average molecular weight is 267 g/mol. The lowest BCUT2D eigenvalue weighted by molar-refractivity contribution is 0.312. The third-order valence-electron chi connectivity index (χ3n) is 4.18. The number of rotatable bonds is 5. The molecule has 0 bridgehead atoms. The van der Waals surface area contributed by atoms with Crippen molar-refractivity contribution < 1.29 is 8.78 Å². The molecule has 1 fully saturated rings. The van der Waals surface area contributed by atoms with Gasteiger partial charge in [-0.15, -0.1) is 0 Å². The summed E-state index contributed by atoms with van der Waals surface area (Å²) in [7, 11) is 0. The van der Waals surface area contributed by atoms with Crippen LogP contribution in [0.15, 0.2) is 18.2 Å². The zero-order valence-electron chi connectivity index (χ0n) is 11.8. The highest BCUT2D eigenvalue weighted by molar-refractivity contribution is 5.21. The first-order valence-corrected chi connectivity index (χ1v) is 7.20. The van der Waals surface area contributed by atoms with E-state index in [1.165, 1.54) is 18.2 Å². The maximum Gasteiger partial charge on any atom is 0.129 e. The van der Waals surface area contributed by atoms with Crippen LogP contribution in [0.5, 0.6) is 0 Å². The van der Waals surface area contributed by atoms with Crippen LogP contribution in [-0.4, -0.2) is 12.6 Å². The summed E-state index contributed by atoms with van der Waals surface area (Å²) in [5.41, 5.74) is 0.259. The fraction of sp³-hybridized carbons (Fsp3) is 0.625. The van der Waals surface area contributed by atoms with Crippen molar-refractivity contribution in [3.63, 3.8) is 0 Å². The molecule has 1 aromatic carbocycles. The summed E-state index contributed by atoms with van der Waals surface area (Å²) < 4.78 is 27.4. The quantitative estimate of drug-likeness (QED) is 0.848. The molecule has 2 atom stereocenters. The van der Waals surface area contributed by atoms with Crippen LogP contribution in [0.25, 0.3) is 0 Å². The Morgan fingerprint density at radius 1 is 1.32 bits per heavy atom. The largest absolute Gasteiger partial charge is 0.314 e. The lowest BCUT2D eigenvalue weighted by Gasteiger charge is -2.25. The monoisotopic (exact) mass is 267 g/mol. The van der Waals surface area contributed by atoms with Gasteiger partial charge in [0.15, 0.2) is 0 Å². The van der Waals surface area contributed by atoms with Gasteiger partial charge in [-0.2, -0.15) is 0 Å². The maximum atomic E-state index is 13.7. The van der Waals surface area contributed by atoms with Gasteiger partial charge in [-0.3, -0.25) is 0 Å². The van der Waals surface area contributed by atoms with Crippen LogP contribution in [0.1, 0.15) is 45.1 Å². The molecule has 0 amide bonds. The molecular weight excluding hydrogens is 244 g/mol. The van der Waals surface area contributed by atoms with E-state index in [0.29, 0.717) is 12.5 Å². The van der Waals surface area contributed by atoms with E-state index in [9.17, 15) is 8.78 Å². The highest BCUT2D eigenvalue weighted by Gasteiger charge is 2.36. The second-order valence-corrected chi connectivity index (χ2v) is 6.08. The van der Waals surface area contributed by atoms with Gasteiger partial charge < -0.3 is 5.32 Å². The van der Waals surface area contributed by atoms with Gasteiger partial charge in [-0.1, -0.05) is 19.9 Å². The third-order valence-corrected chi connectivity index (χ3v) is 4.18. The Hall–Kier alpha value is -0.960. The second kappa shape index (κ2) is 6.00. The van der Waals surface area contributed by atoms with E-state index in [-0.39, 0.29) is 11.0 Å². The first-order valence-electron chi connectivity index (χ1n) is 7.20. The van der Waals surface area contributed by atoms with Gasteiger partial charge in [-0.25, -0.2) is 8.78 Å². The van der Waals surface area contributed by atoms with Crippen molar-refractivity contribution in [3.05, 3.63) is 35.4 Å². The van der Waals surface area contributed by atoms with Gasteiger partial charge in [-0.05, 0) is 56.2 Å². The first-order chi connectivity index (χ1) is 9.04. The average Bonchev–Trinajstić information content (AvgIpc) is 2.74. The molecule has 0 saturated heterocycles. The van der Waals surface area contributed by atoms with Crippen molar-refractivity contribution in [3.8, 4) is 0 Å². The van der Waals surface area contributed by atoms with Crippen molar-refractivity contribution in [1.82, 2.24) is 5.32 Å². The van der Waals surface area contributed by atoms with E-state index >= 15 is 0 Å². The lowest BCUT2D eigenvalue weighted by atomic mass is 9.81. The Morgan fingerprint density at radius 2 is 2.00 bits per heavy atom. The predicted octanol–water partition coefficient (Wildman–Crippen LogP) is 4.07. The highest BCUT2D eigenvalue weighted by atomic mass is 19.1. The predicted molar refractivity (Wildman–Crippen MR) is 74.1 cm³/mol. The Bertz CT molecular complexity index is 413. The molecule has 106 valence electrons. The van der Waals surface area contributed by atoms with Crippen LogP contribution in [0.4, 0.5) is 8.78 Å². The molecule has 0 aromatic heterocycles. The molecule has 1 aliphatic rings. The Kier molecular flexibility index (Phi) is 4.56. The minimum atomic E-state index is -0.411. The van der Waals surface area contributed by atoms with Crippen molar-refractivity contribution in [2.45, 2.75) is 52.0 Å². The molecule has 1 N–H and O–H groups in total. The fourth-order valence-corrected chi connectivity index (χ4v) is 3.13. The fourth-order valence-electron chi connectivity index (χ4n) is 3.13. The van der Waals surface area contributed by atoms with Crippen LogP contribution in [-0.2, 0) is 6.42 Å². The second-order valence-electron chi connectivity index (χ2n) is 6.08. The molecule has 0 spiro atoms. The zero-order valence-corrected chi connectivity index (χ0v) is 11.8. The molecule has 2 rings (SSSR count). The SMILES string of the molecule is CCCNC1CCC(C)(Cc2c(F)cccc2F)C1. The van der Waals surface area contributed by atoms with Gasteiger partial charge in [0.05, 0.1) is 0 Å². The topological polar surface area (TPSA) is 12.0 Å². The van der Waals surface area contributed by atoms with Gasteiger partial charge in [0, 0.05) is 11.6 Å². The summed E-state index contributed by atoms with van der Waals surface area (Å²) >= 11 is 0. The standard InChI is InChI=1S/C16H23F2N/c1-3-9-19-12-7-8-16(2,10-12)11-13-14(17)5-4-6-15(13)18/h4-6,12,19H,3,7-11H2,1-2H3. The minimum absolute atomic E-state index is 0.00837. The summed E-state index contributed by atoms with van der Waals surface area (Å²) in [6.07, 6.45) is 4.75. The number of hydrogen-bond acceptors (Lipinski definition) is 1. The molecular formula is C16H23F2N. The first kappa shape index (κ1) is 14.4. The van der Waals surface area contributed by atoms with Crippen molar-refractivity contribution in [2.75, 3.05) is 6.54 Å². The van der Waals surface area contributed by atoms with Crippen molar-refractivity contribution >= 4 is 0 Å². The number of benzene rings is 1. The van der Waals surface area contributed by atoms with Crippen LogP contribution in [0, 0.1) is 17.0 Å². The molecule has 2 unspecified atom stereocenters. The van der Waals surface area contributed by atoms with Crippen molar-refractivity contribution in [2.24, 2.45) is 5.41 Å². The lowest BCUT2D eigenvalue weighted by Crippen LogP contribution is -2.29. The summed E-state index contributed by atoms with van der Waals surface area (Å²) in [5, 5.41) is 3.51. The smallest absolute Gasteiger partial charge is 0.129 e. The van der Waals surface area contributed by atoms with Gasteiger partial charge in [0.2, 0.25) is 0 Å². The maximum absolute atomic E-state index is 13.7. The molecule has 1 nitrogen and oxygen atoms in total. The zero-order chi connectivity index (χ0) is 13.9.